The summed E-state index contributed by atoms with van der Waals surface area (Å²) in [5.41, 5.74) is 5.55. The predicted octanol–water partition coefficient (Wildman–Crippen LogP) is 2.97. The van der Waals surface area contributed by atoms with Crippen LogP contribution in [0.5, 0.6) is 0 Å². The molecule has 1 aliphatic heterocycles. The van der Waals surface area contributed by atoms with Crippen LogP contribution in [0.15, 0.2) is 48.5 Å². The van der Waals surface area contributed by atoms with E-state index < -0.39 is 0 Å². The van der Waals surface area contributed by atoms with E-state index in [9.17, 15) is 5.11 Å². The topological polar surface area (TPSA) is 23.5 Å². The van der Waals surface area contributed by atoms with Crippen LogP contribution in [-0.4, -0.2) is 22.7 Å². The summed E-state index contributed by atoms with van der Waals surface area (Å²) in [6.45, 7) is 4.39. The average molecular weight is 267 g/mol. The third kappa shape index (κ3) is 2.92. The van der Waals surface area contributed by atoms with Crippen molar-refractivity contribution in [1.82, 2.24) is 4.90 Å². The van der Waals surface area contributed by atoms with E-state index in [4.69, 9.17) is 0 Å². The van der Waals surface area contributed by atoms with E-state index in [1.54, 1.807) is 0 Å². The molecule has 0 spiro atoms. The molecule has 0 amide bonds. The summed E-state index contributed by atoms with van der Waals surface area (Å²) in [5.74, 6) is 0. The SMILES string of the molecule is C[C@@H](O)CN1Cc2ccccc2Cc2ccccc2C1. The van der Waals surface area contributed by atoms with Gasteiger partial charge in [-0.15, -0.1) is 0 Å². The second-order valence-corrected chi connectivity index (χ2v) is 5.73. The van der Waals surface area contributed by atoms with Gasteiger partial charge >= 0.3 is 0 Å². The summed E-state index contributed by atoms with van der Waals surface area (Å²) in [7, 11) is 0. The molecule has 1 atom stereocenters. The zero-order valence-electron chi connectivity index (χ0n) is 11.9. The zero-order valence-corrected chi connectivity index (χ0v) is 11.9. The van der Waals surface area contributed by atoms with Gasteiger partial charge in [0.15, 0.2) is 0 Å². The highest BCUT2D eigenvalue weighted by Gasteiger charge is 2.17. The number of rotatable bonds is 2. The van der Waals surface area contributed by atoms with Crippen molar-refractivity contribution in [2.45, 2.75) is 32.5 Å². The summed E-state index contributed by atoms with van der Waals surface area (Å²) >= 11 is 0. The molecule has 2 nitrogen and oxygen atoms in total. The lowest BCUT2D eigenvalue weighted by Crippen LogP contribution is -2.31. The standard InChI is InChI=1S/C18H21NO/c1-14(20)11-19-12-17-8-4-2-6-15(17)10-16-7-3-5-9-18(16)13-19/h2-9,14,20H,10-13H2,1H3/t14-/m1/s1. The van der Waals surface area contributed by atoms with Crippen LogP contribution in [-0.2, 0) is 19.5 Å². The summed E-state index contributed by atoms with van der Waals surface area (Å²) in [4.78, 5) is 2.33. The lowest BCUT2D eigenvalue weighted by molar-refractivity contribution is 0.117. The molecule has 104 valence electrons. The number of hydrogen-bond acceptors (Lipinski definition) is 2. The maximum Gasteiger partial charge on any atom is 0.0639 e. The van der Waals surface area contributed by atoms with Crippen molar-refractivity contribution in [3.63, 3.8) is 0 Å². The molecule has 0 saturated heterocycles. The van der Waals surface area contributed by atoms with Crippen molar-refractivity contribution in [2.24, 2.45) is 0 Å². The first-order valence-electron chi connectivity index (χ1n) is 7.26. The van der Waals surface area contributed by atoms with Gasteiger partial charge in [-0.05, 0) is 35.6 Å². The first kappa shape index (κ1) is 13.3. The highest BCUT2D eigenvalue weighted by Crippen LogP contribution is 2.24. The Morgan fingerprint density at radius 3 is 1.80 bits per heavy atom. The van der Waals surface area contributed by atoms with Gasteiger partial charge in [-0.25, -0.2) is 0 Å². The number of fused-ring (bicyclic) bond motifs is 2. The highest BCUT2D eigenvalue weighted by atomic mass is 16.3. The van der Waals surface area contributed by atoms with Crippen molar-refractivity contribution in [2.75, 3.05) is 6.54 Å². The molecule has 0 saturated carbocycles. The van der Waals surface area contributed by atoms with E-state index in [0.717, 1.165) is 19.5 Å². The van der Waals surface area contributed by atoms with E-state index >= 15 is 0 Å². The number of benzene rings is 2. The van der Waals surface area contributed by atoms with Crippen LogP contribution in [0.2, 0.25) is 0 Å². The van der Waals surface area contributed by atoms with Gasteiger partial charge in [0.25, 0.3) is 0 Å². The molecule has 0 fully saturated rings. The maximum absolute atomic E-state index is 9.72. The number of aliphatic hydroxyl groups is 1. The first-order valence-corrected chi connectivity index (χ1v) is 7.26. The molecule has 2 heteroatoms. The first-order chi connectivity index (χ1) is 9.72. The fraction of sp³-hybridized carbons (Fsp3) is 0.333. The Kier molecular flexibility index (Phi) is 3.86. The van der Waals surface area contributed by atoms with Gasteiger partial charge in [0, 0.05) is 19.6 Å². The van der Waals surface area contributed by atoms with E-state index in [1.165, 1.54) is 22.3 Å². The Hall–Kier alpha value is -1.64. The molecule has 2 aromatic carbocycles. The number of nitrogens with zero attached hydrogens (tertiary/aromatic N) is 1. The minimum atomic E-state index is -0.297. The monoisotopic (exact) mass is 267 g/mol. The van der Waals surface area contributed by atoms with Crippen LogP contribution >= 0.6 is 0 Å². The van der Waals surface area contributed by atoms with Gasteiger partial charge in [0.2, 0.25) is 0 Å². The highest BCUT2D eigenvalue weighted by molar-refractivity contribution is 5.38. The Morgan fingerprint density at radius 2 is 1.35 bits per heavy atom. The van der Waals surface area contributed by atoms with Crippen molar-refractivity contribution in [1.29, 1.82) is 0 Å². The van der Waals surface area contributed by atoms with E-state index in [1.807, 2.05) is 6.92 Å². The molecular weight excluding hydrogens is 246 g/mol. The molecule has 0 bridgehead atoms. The molecule has 2 aromatic rings. The van der Waals surface area contributed by atoms with Gasteiger partial charge in [0.05, 0.1) is 6.10 Å². The smallest absolute Gasteiger partial charge is 0.0639 e. The maximum atomic E-state index is 9.72. The van der Waals surface area contributed by atoms with Crippen molar-refractivity contribution in [3.05, 3.63) is 70.8 Å². The fourth-order valence-electron chi connectivity index (χ4n) is 3.01. The van der Waals surface area contributed by atoms with E-state index in [0.29, 0.717) is 6.54 Å². The van der Waals surface area contributed by atoms with E-state index in [-0.39, 0.29) is 6.10 Å². The van der Waals surface area contributed by atoms with Gasteiger partial charge in [0.1, 0.15) is 0 Å². The van der Waals surface area contributed by atoms with E-state index in [2.05, 4.69) is 53.4 Å². The molecule has 1 heterocycles. The van der Waals surface area contributed by atoms with Crippen molar-refractivity contribution < 1.29 is 5.11 Å². The average Bonchev–Trinajstić information content (AvgIpc) is 2.40. The van der Waals surface area contributed by atoms with Gasteiger partial charge < -0.3 is 5.11 Å². The largest absolute Gasteiger partial charge is 0.392 e. The molecule has 1 N–H and O–H groups in total. The third-order valence-corrected chi connectivity index (χ3v) is 3.93. The Bertz CT molecular complexity index is 544. The molecule has 20 heavy (non-hydrogen) atoms. The summed E-state index contributed by atoms with van der Waals surface area (Å²) < 4.78 is 0. The predicted molar refractivity (Wildman–Crippen MR) is 81.5 cm³/mol. The molecular formula is C18H21NO. The number of β-amino-alcohol motifs (C(OH)–C–C–N with tert-alkyl or cyclic N) is 1. The zero-order chi connectivity index (χ0) is 13.9. The third-order valence-electron chi connectivity index (χ3n) is 3.93. The lowest BCUT2D eigenvalue weighted by Gasteiger charge is -2.28. The van der Waals surface area contributed by atoms with Crippen molar-refractivity contribution in [3.8, 4) is 0 Å². The van der Waals surface area contributed by atoms with Crippen LogP contribution in [0.3, 0.4) is 0 Å². The van der Waals surface area contributed by atoms with Crippen LogP contribution in [0.1, 0.15) is 29.2 Å². The van der Waals surface area contributed by atoms with Crippen LogP contribution in [0.4, 0.5) is 0 Å². The minimum absolute atomic E-state index is 0.297. The van der Waals surface area contributed by atoms with Gasteiger partial charge in [-0.2, -0.15) is 0 Å². The molecule has 0 radical (unpaired) electrons. The minimum Gasteiger partial charge on any atom is -0.392 e. The lowest BCUT2D eigenvalue weighted by atomic mass is 9.93. The molecule has 3 rings (SSSR count). The summed E-state index contributed by atoms with van der Waals surface area (Å²) in [5, 5.41) is 9.72. The quantitative estimate of drug-likeness (QED) is 0.904. The van der Waals surface area contributed by atoms with Crippen LogP contribution in [0.25, 0.3) is 0 Å². The van der Waals surface area contributed by atoms with Crippen LogP contribution < -0.4 is 0 Å². The second kappa shape index (κ2) is 5.78. The number of aliphatic hydroxyl groups excluding tert-OH is 1. The van der Waals surface area contributed by atoms with Gasteiger partial charge in [-0.3, -0.25) is 4.90 Å². The van der Waals surface area contributed by atoms with Crippen molar-refractivity contribution >= 4 is 0 Å². The Morgan fingerprint density at radius 1 is 0.900 bits per heavy atom. The molecule has 0 unspecified atom stereocenters. The Balaban J connectivity index is 2.00. The normalized spacial score (nSPS) is 16.7. The van der Waals surface area contributed by atoms with Crippen LogP contribution in [0, 0.1) is 0 Å². The summed E-state index contributed by atoms with van der Waals surface area (Å²) in [6, 6.07) is 17.3. The second-order valence-electron chi connectivity index (χ2n) is 5.73. The molecule has 0 aromatic heterocycles. The summed E-state index contributed by atoms with van der Waals surface area (Å²) in [6.07, 6.45) is 0.711. The van der Waals surface area contributed by atoms with Gasteiger partial charge in [-0.1, -0.05) is 48.5 Å². The number of hydrogen-bond donors (Lipinski definition) is 1. The Labute approximate surface area is 120 Å². The fourth-order valence-corrected chi connectivity index (χ4v) is 3.01. The molecule has 0 aliphatic carbocycles. The molecule has 1 aliphatic rings.